The minimum atomic E-state index is -0.414. The van der Waals surface area contributed by atoms with Crippen LogP contribution in [0.5, 0.6) is 0 Å². The number of aromatic nitrogens is 2. The summed E-state index contributed by atoms with van der Waals surface area (Å²) in [5.41, 5.74) is 9.57. The van der Waals surface area contributed by atoms with Gasteiger partial charge in [-0.15, -0.1) is 0 Å². The van der Waals surface area contributed by atoms with Crippen LogP contribution in [0.25, 0.3) is 5.69 Å². The topological polar surface area (TPSA) is 70.1 Å². The molecule has 0 amide bonds. The molecule has 0 unspecified atom stereocenters. The highest BCUT2D eigenvalue weighted by molar-refractivity contribution is 5.95. The number of ether oxygens (including phenoxy) is 1. The van der Waals surface area contributed by atoms with E-state index < -0.39 is 5.97 Å². The molecule has 1 heterocycles. The van der Waals surface area contributed by atoms with E-state index in [4.69, 9.17) is 10.5 Å². The zero-order valence-corrected chi connectivity index (χ0v) is 12.0. The molecular weight excluding hydrogens is 254 g/mol. The Balaban J connectivity index is 2.68. The van der Waals surface area contributed by atoms with Gasteiger partial charge in [0.05, 0.1) is 24.1 Å². The predicted molar refractivity (Wildman–Crippen MR) is 78.1 cm³/mol. The minimum Gasteiger partial charge on any atom is -0.465 e. The summed E-state index contributed by atoms with van der Waals surface area (Å²) in [4.78, 5) is 11.9. The first-order valence-electron chi connectivity index (χ1n) is 6.67. The number of carbonyl (C=O) groups excluding carboxylic acids is 1. The highest BCUT2D eigenvalue weighted by Gasteiger charge is 2.19. The smallest absolute Gasteiger partial charge is 0.340 e. The molecule has 0 fully saturated rings. The molecule has 0 radical (unpaired) electrons. The van der Waals surface area contributed by atoms with Gasteiger partial charge in [-0.3, -0.25) is 0 Å². The molecule has 5 heteroatoms. The molecule has 20 heavy (non-hydrogen) atoms. The van der Waals surface area contributed by atoms with Crippen LogP contribution in [-0.2, 0) is 17.6 Å². The molecule has 106 valence electrons. The van der Waals surface area contributed by atoms with Gasteiger partial charge in [0.2, 0.25) is 0 Å². The van der Waals surface area contributed by atoms with Crippen LogP contribution in [0.2, 0.25) is 0 Å². The summed E-state index contributed by atoms with van der Waals surface area (Å²) in [6.07, 6.45) is 1.64. The van der Waals surface area contributed by atoms with Crippen molar-refractivity contribution in [1.29, 1.82) is 0 Å². The van der Waals surface area contributed by atoms with Crippen molar-refractivity contribution in [2.75, 3.05) is 12.8 Å². The lowest BCUT2D eigenvalue weighted by molar-refractivity contribution is 0.0600. The van der Waals surface area contributed by atoms with Crippen molar-refractivity contribution in [1.82, 2.24) is 9.78 Å². The van der Waals surface area contributed by atoms with Crippen molar-refractivity contribution in [3.8, 4) is 5.69 Å². The van der Waals surface area contributed by atoms with E-state index in [1.807, 2.05) is 19.9 Å². The van der Waals surface area contributed by atoms with E-state index in [0.717, 1.165) is 24.2 Å². The number of methoxy groups -OCH3 is 1. The maximum atomic E-state index is 11.9. The lowest BCUT2D eigenvalue weighted by Gasteiger charge is -2.13. The fourth-order valence-electron chi connectivity index (χ4n) is 2.17. The lowest BCUT2D eigenvalue weighted by atomic mass is 10.1. The molecule has 1 aromatic heterocycles. The molecule has 0 saturated carbocycles. The van der Waals surface area contributed by atoms with Gasteiger partial charge < -0.3 is 10.5 Å². The maximum Gasteiger partial charge on any atom is 0.340 e. The molecule has 2 rings (SSSR count). The van der Waals surface area contributed by atoms with E-state index in [0.29, 0.717) is 16.9 Å². The predicted octanol–water partition coefficient (Wildman–Crippen LogP) is 2.37. The van der Waals surface area contributed by atoms with Crippen LogP contribution in [0.3, 0.4) is 0 Å². The van der Waals surface area contributed by atoms with Crippen LogP contribution in [0.15, 0.2) is 24.3 Å². The van der Waals surface area contributed by atoms with Gasteiger partial charge in [-0.25, -0.2) is 9.48 Å². The fourth-order valence-corrected chi connectivity index (χ4v) is 2.17. The maximum absolute atomic E-state index is 11.9. The molecule has 2 aromatic rings. The van der Waals surface area contributed by atoms with E-state index in [1.54, 1.807) is 22.9 Å². The number of nitrogens with two attached hydrogens (primary N) is 1. The minimum absolute atomic E-state index is 0.414. The number of nitrogen functional groups attached to an aromatic ring is 1. The Bertz CT molecular complexity index is 632. The average molecular weight is 273 g/mol. The summed E-state index contributed by atoms with van der Waals surface area (Å²) in [5, 5.41) is 4.54. The number of nitrogens with zero attached hydrogens (tertiary/aromatic N) is 2. The Labute approximate surface area is 118 Å². The summed E-state index contributed by atoms with van der Waals surface area (Å²) in [7, 11) is 1.36. The molecule has 2 N–H and O–H groups in total. The summed E-state index contributed by atoms with van der Waals surface area (Å²) >= 11 is 0. The molecule has 1 aromatic carbocycles. The van der Waals surface area contributed by atoms with Crippen LogP contribution < -0.4 is 5.73 Å². The van der Waals surface area contributed by atoms with Gasteiger partial charge in [-0.05, 0) is 31.0 Å². The Morgan fingerprint density at radius 3 is 2.70 bits per heavy atom. The molecule has 0 spiro atoms. The number of esters is 1. The van der Waals surface area contributed by atoms with Crippen molar-refractivity contribution in [3.63, 3.8) is 0 Å². The van der Waals surface area contributed by atoms with Crippen LogP contribution in [-0.4, -0.2) is 22.9 Å². The zero-order chi connectivity index (χ0) is 14.7. The monoisotopic (exact) mass is 273 g/mol. The second-order valence-corrected chi connectivity index (χ2v) is 4.48. The second kappa shape index (κ2) is 5.77. The number of benzene rings is 1. The Morgan fingerprint density at radius 1 is 1.35 bits per heavy atom. The number of hydrogen-bond acceptors (Lipinski definition) is 4. The summed E-state index contributed by atoms with van der Waals surface area (Å²) in [6.45, 7) is 4.09. The van der Waals surface area contributed by atoms with E-state index >= 15 is 0 Å². The molecule has 0 aliphatic rings. The van der Waals surface area contributed by atoms with Crippen LogP contribution in [0.4, 0.5) is 5.69 Å². The Morgan fingerprint density at radius 2 is 2.10 bits per heavy atom. The second-order valence-electron chi connectivity index (χ2n) is 4.48. The Kier molecular flexibility index (Phi) is 4.08. The van der Waals surface area contributed by atoms with Crippen molar-refractivity contribution in [2.24, 2.45) is 0 Å². The van der Waals surface area contributed by atoms with Gasteiger partial charge in [0.1, 0.15) is 5.69 Å². The first kappa shape index (κ1) is 14.1. The molecule has 0 aliphatic carbocycles. The van der Waals surface area contributed by atoms with Crippen molar-refractivity contribution in [2.45, 2.75) is 26.7 Å². The largest absolute Gasteiger partial charge is 0.465 e. The highest BCUT2D eigenvalue weighted by atomic mass is 16.5. The lowest BCUT2D eigenvalue weighted by Crippen LogP contribution is -2.13. The van der Waals surface area contributed by atoms with Gasteiger partial charge in [-0.2, -0.15) is 5.10 Å². The van der Waals surface area contributed by atoms with Gasteiger partial charge in [-0.1, -0.05) is 19.9 Å². The Hall–Kier alpha value is -2.30. The van der Waals surface area contributed by atoms with E-state index in [9.17, 15) is 4.79 Å². The summed E-state index contributed by atoms with van der Waals surface area (Å²) < 4.78 is 6.57. The third kappa shape index (κ3) is 2.39. The molecular formula is C15H19N3O2. The number of anilines is 1. The third-order valence-electron chi connectivity index (χ3n) is 3.24. The standard InChI is InChI=1S/C15H19N3O2/c1-4-10-9-11(5-2)18(17-10)14-12(15(19)20-3)7-6-8-13(14)16/h6-9H,4-5,16H2,1-3H3. The van der Waals surface area contributed by atoms with Gasteiger partial charge in [0.15, 0.2) is 0 Å². The first-order valence-corrected chi connectivity index (χ1v) is 6.67. The van der Waals surface area contributed by atoms with Crippen molar-refractivity contribution < 1.29 is 9.53 Å². The SMILES string of the molecule is CCc1cc(CC)n(-c2c(N)cccc2C(=O)OC)n1. The summed E-state index contributed by atoms with van der Waals surface area (Å²) in [5.74, 6) is -0.414. The normalized spacial score (nSPS) is 10.6. The number of aryl methyl sites for hydroxylation is 2. The number of para-hydroxylation sites is 1. The van der Waals surface area contributed by atoms with Crippen molar-refractivity contribution in [3.05, 3.63) is 41.2 Å². The van der Waals surface area contributed by atoms with E-state index in [2.05, 4.69) is 5.10 Å². The van der Waals surface area contributed by atoms with Crippen LogP contribution >= 0.6 is 0 Å². The van der Waals surface area contributed by atoms with Gasteiger partial charge in [0.25, 0.3) is 0 Å². The summed E-state index contributed by atoms with van der Waals surface area (Å²) in [6, 6.07) is 7.23. The van der Waals surface area contributed by atoms with Gasteiger partial charge in [0, 0.05) is 5.69 Å². The quantitative estimate of drug-likeness (QED) is 0.685. The molecule has 5 nitrogen and oxygen atoms in total. The van der Waals surface area contributed by atoms with E-state index in [1.165, 1.54) is 7.11 Å². The number of hydrogen-bond donors (Lipinski definition) is 1. The molecule has 0 atom stereocenters. The molecule has 0 saturated heterocycles. The van der Waals surface area contributed by atoms with Crippen LogP contribution in [0.1, 0.15) is 35.6 Å². The van der Waals surface area contributed by atoms with E-state index in [-0.39, 0.29) is 0 Å². The number of rotatable bonds is 4. The van der Waals surface area contributed by atoms with Crippen LogP contribution in [0, 0.1) is 0 Å². The fraction of sp³-hybridized carbons (Fsp3) is 0.333. The molecule has 0 bridgehead atoms. The third-order valence-corrected chi connectivity index (χ3v) is 3.24. The zero-order valence-electron chi connectivity index (χ0n) is 12.0. The first-order chi connectivity index (χ1) is 9.62. The molecule has 0 aliphatic heterocycles. The van der Waals surface area contributed by atoms with Gasteiger partial charge >= 0.3 is 5.97 Å². The number of carbonyl (C=O) groups is 1. The van der Waals surface area contributed by atoms with Crippen molar-refractivity contribution >= 4 is 11.7 Å². The highest BCUT2D eigenvalue weighted by Crippen LogP contribution is 2.25. The average Bonchev–Trinajstić information content (AvgIpc) is 2.89.